The minimum absolute atomic E-state index is 0.0170. The standard InChI is InChI=1S/C12H17NO3S/c1-12(2,3)17-10-7-13-8(5-9(10)14)6-11(15)16-4/h5,7H,6H2,1-4H3,(H,13,14). The molecule has 1 aromatic heterocycles. The van der Waals surface area contributed by atoms with Crippen molar-refractivity contribution in [2.45, 2.75) is 36.8 Å². The first-order valence-electron chi connectivity index (χ1n) is 5.29. The number of esters is 1. The summed E-state index contributed by atoms with van der Waals surface area (Å²) in [6.07, 6.45) is 1.74. The van der Waals surface area contributed by atoms with Crippen molar-refractivity contribution in [2.75, 3.05) is 7.11 Å². The molecule has 4 nitrogen and oxygen atoms in total. The molecule has 0 saturated heterocycles. The molecule has 1 aromatic rings. The Hall–Kier alpha value is -1.23. The SMILES string of the molecule is COC(=O)Cc1cc(=O)c(SC(C)(C)C)c[nH]1. The maximum absolute atomic E-state index is 11.8. The number of carbonyl (C=O) groups excluding carboxylic acids is 1. The van der Waals surface area contributed by atoms with E-state index in [9.17, 15) is 9.59 Å². The van der Waals surface area contributed by atoms with E-state index in [1.54, 1.807) is 6.20 Å². The van der Waals surface area contributed by atoms with Crippen molar-refractivity contribution in [1.82, 2.24) is 4.98 Å². The summed E-state index contributed by atoms with van der Waals surface area (Å²) in [7, 11) is 1.32. The van der Waals surface area contributed by atoms with E-state index < -0.39 is 0 Å². The van der Waals surface area contributed by atoms with Gasteiger partial charge in [0.2, 0.25) is 0 Å². The Bertz CT molecular complexity index is 460. The van der Waals surface area contributed by atoms with Crippen LogP contribution in [0.5, 0.6) is 0 Å². The molecule has 0 radical (unpaired) electrons. The smallest absolute Gasteiger partial charge is 0.311 e. The fourth-order valence-electron chi connectivity index (χ4n) is 1.24. The molecule has 0 atom stereocenters. The highest BCUT2D eigenvalue weighted by atomic mass is 32.2. The van der Waals surface area contributed by atoms with Crippen LogP contribution in [0.25, 0.3) is 0 Å². The van der Waals surface area contributed by atoms with Crippen molar-refractivity contribution >= 4 is 17.7 Å². The molecule has 0 amide bonds. The van der Waals surface area contributed by atoms with Crippen LogP contribution in [-0.2, 0) is 16.0 Å². The molecule has 0 fully saturated rings. The molecule has 0 aliphatic rings. The molecule has 1 N–H and O–H groups in total. The summed E-state index contributed by atoms with van der Waals surface area (Å²) < 4.78 is 4.52. The molecule has 94 valence electrons. The number of nitrogens with one attached hydrogen (secondary N) is 1. The van der Waals surface area contributed by atoms with Gasteiger partial charge in [-0.15, -0.1) is 11.8 Å². The number of carbonyl (C=O) groups is 1. The highest BCUT2D eigenvalue weighted by molar-refractivity contribution is 8.00. The average Bonchev–Trinajstić information content (AvgIpc) is 2.20. The van der Waals surface area contributed by atoms with Crippen LogP contribution < -0.4 is 5.43 Å². The van der Waals surface area contributed by atoms with Gasteiger partial charge in [0.1, 0.15) is 0 Å². The Kier molecular flexibility index (Phi) is 4.40. The lowest BCUT2D eigenvalue weighted by atomic mass is 10.2. The van der Waals surface area contributed by atoms with E-state index in [4.69, 9.17) is 0 Å². The van der Waals surface area contributed by atoms with Crippen LogP contribution in [0.2, 0.25) is 0 Å². The minimum atomic E-state index is -0.364. The zero-order chi connectivity index (χ0) is 13.1. The van der Waals surface area contributed by atoms with E-state index in [0.29, 0.717) is 10.6 Å². The molecule has 0 saturated carbocycles. The van der Waals surface area contributed by atoms with E-state index in [1.165, 1.54) is 24.9 Å². The number of pyridine rings is 1. The summed E-state index contributed by atoms with van der Waals surface area (Å²) >= 11 is 1.50. The predicted octanol–water partition coefficient (Wildman–Crippen LogP) is 1.98. The Morgan fingerprint density at radius 3 is 2.59 bits per heavy atom. The Balaban J connectivity index is 2.87. The van der Waals surface area contributed by atoms with E-state index in [-0.39, 0.29) is 22.6 Å². The molecular weight excluding hydrogens is 238 g/mol. The second-order valence-corrected chi connectivity index (χ2v) is 6.52. The molecule has 0 unspecified atom stereocenters. The number of hydrogen-bond acceptors (Lipinski definition) is 4. The quantitative estimate of drug-likeness (QED) is 0.663. The normalized spacial score (nSPS) is 11.3. The van der Waals surface area contributed by atoms with E-state index in [1.807, 2.05) is 20.8 Å². The topological polar surface area (TPSA) is 59.2 Å². The van der Waals surface area contributed by atoms with Gasteiger partial charge >= 0.3 is 5.97 Å². The monoisotopic (exact) mass is 255 g/mol. The number of rotatable bonds is 3. The van der Waals surface area contributed by atoms with Crippen molar-refractivity contribution in [1.29, 1.82) is 0 Å². The Labute approximate surface area is 105 Å². The van der Waals surface area contributed by atoms with Crippen LogP contribution in [0.4, 0.5) is 0 Å². The molecule has 0 aliphatic carbocycles. The van der Waals surface area contributed by atoms with Crippen LogP contribution in [0.15, 0.2) is 22.0 Å². The number of thioether (sulfide) groups is 1. The number of methoxy groups -OCH3 is 1. The van der Waals surface area contributed by atoms with Gasteiger partial charge in [0.05, 0.1) is 18.4 Å². The molecular formula is C12H17NO3S. The summed E-state index contributed by atoms with van der Waals surface area (Å²) in [6.45, 7) is 6.12. The van der Waals surface area contributed by atoms with Gasteiger partial charge in [-0.25, -0.2) is 0 Å². The molecule has 5 heteroatoms. The van der Waals surface area contributed by atoms with Gasteiger partial charge in [-0.3, -0.25) is 9.59 Å². The fourth-order valence-corrected chi connectivity index (χ4v) is 2.18. The van der Waals surface area contributed by atoms with Crippen molar-refractivity contribution in [3.8, 4) is 0 Å². The van der Waals surface area contributed by atoms with Gasteiger partial charge in [-0.1, -0.05) is 20.8 Å². The Morgan fingerprint density at radius 2 is 2.12 bits per heavy atom. The maximum Gasteiger partial charge on any atom is 0.311 e. The first kappa shape index (κ1) is 13.8. The van der Waals surface area contributed by atoms with Crippen molar-refractivity contribution in [3.63, 3.8) is 0 Å². The maximum atomic E-state index is 11.8. The third kappa shape index (κ3) is 4.65. The van der Waals surface area contributed by atoms with Gasteiger partial charge in [-0.2, -0.15) is 0 Å². The van der Waals surface area contributed by atoms with E-state index in [0.717, 1.165) is 0 Å². The zero-order valence-corrected chi connectivity index (χ0v) is 11.3. The number of aromatic nitrogens is 1. The van der Waals surface area contributed by atoms with Crippen molar-refractivity contribution < 1.29 is 9.53 Å². The second-order valence-electron chi connectivity index (χ2n) is 4.65. The molecule has 1 heterocycles. The van der Waals surface area contributed by atoms with Gasteiger partial charge in [0.25, 0.3) is 0 Å². The zero-order valence-electron chi connectivity index (χ0n) is 10.5. The van der Waals surface area contributed by atoms with Crippen molar-refractivity contribution in [2.24, 2.45) is 0 Å². The summed E-state index contributed by atoms with van der Waals surface area (Å²) in [5.74, 6) is -0.364. The summed E-state index contributed by atoms with van der Waals surface area (Å²) in [6, 6.07) is 1.45. The first-order chi connectivity index (χ1) is 7.81. The van der Waals surface area contributed by atoms with Gasteiger partial charge in [0, 0.05) is 22.7 Å². The lowest BCUT2D eigenvalue weighted by molar-refractivity contribution is -0.139. The van der Waals surface area contributed by atoms with Crippen LogP contribution in [0.1, 0.15) is 26.5 Å². The van der Waals surface area contributed by atoms with Crippen LogP contribution >= 0.6 is 11.8 Å². The highest BCUT2D eigenvalue weighted by Gasteiger charge is 2.15. The molecule has 17 heavy (non-hydrogen) atoms. The summed E-state index contributed by atoms with van der Waals surface area (Å²) in [5.41, 5.74) is 0.502. The largest absolute Gasteiger partial charge is 0.469 e. The van der Waals surface area contributed by atoms with Gasteiger partial charge in [-0.05, 0) is 0 Å². The third-order valence-electron chi connectivity index (χ3n) is 1.92. The molecule has 0 aromatic carbocycles. The predicted molar refractivity (Wildman–Crippen MR) is 68.4 cm³/mol. The van der Waals surface area contributed by atoms with Gasteiger partial charge < -0.3 is 9.72 Å². The summed E-state index contributed by atoms with van der Waals surface area (Å²) in [5, 5.41) is 0. The fraction of sp³-hybridized carbons (Fsp3) is 0.500. The third-order valence-corrected chi connectivity index (χ3v) is 3.07. The molecule has 1 rings (SSSR count). The number of aromatic amines is 1. The molecule has 0 bridgehead atoms. The first-order valence-corrected chi connectivity index (χ1v) is 6.11. The van der Waals surface area contributed by atoms with E-state index >= 15 is 0 Å². The van der Waals surface area contributed by atoms with Crippen LogP contribution in [0.3, 0.4) is 0 Å². The lowest BCUT2D eigenvalue weighted by Gasteiger charge is -2.16. The minimum Gasteiger partial charge on any atom is -0.469 e. The van der Waals surface area contributed by atoms with Crippen molar-refractivity contribution in [3.05, 3.63) is 28.2 Å². The average molecular weight is 255 g/mol. The lowest BCUT2D eigenvalue weighted by Crippen LogP contribution is -2.15. The second kappa shape index (κ2) is 5.40. The van der Waals surface area contributed by atoms with E-state index in [2.05, 4.69) is 9.72 Å². The number of hydrogen-bond donors (Lipinski definition) is 1. The highest BCUT2D eigenvalue weighted by Crippen LogP contribution is 2.28. The summed E-state index contributed by atoms with van der Waals surface area (Å²) in [4.78, 5) is 26.5. The van der Waals surface area contributed by atoms with Crippen LogP contribution in [0, 0.1) is 0 Å². The number of H-pyrrole nitrogens is 1. The van der Waals surface area contributed by atoms with Gasteiger partial charge in [0.15, 0.2) is 5.43 Å². The van der Waals surface area contributed by atoms with Crippen LogP contribution in [-0.4, -0.2) is 22.8 Å². The molecule has 0 spiro atoms. The Morgan fingerprint density at radius 1 is 1.47 bits per heavy atom. The number of ether oxygens (including phenoxy) is 1. The molecule has 0 aliphatic heterocycles.